The lowest BCUT2D eigenvalue weighted by molar-refractivity contribution is -0.0164. The van der Waals surface area contributed by atoms with Crippen molar-refractivity contribution in [3.63, 3.8) is 0 Å². The van der Waals surface area contributed by atoms with Crippen LogP contribution in [-0.4, -0.2) is 69.4 Å². The van der Waals surface area contributed by atoms with Crippen molar-refractivity contribution in [2.24, 2.45) is 4.99 Å². The number of benzene rings is 1. The predicted octanol–water partition coefficient (Wildman–Crippen LogP) is 2.15. The summed E-state index contributed by atoms with van der Waals surface area (Å²) >= 11 is 0. The maximum atomic E-state index is 13.6. The van der Waals surface area contributed by atoms with Crippen molar-refractivity contribution in [1.82, 2.24) is 15.5 Å². The molecule has 0 amide bonds. The maximum Gasteiger partial charge on any atom is 0.191 e. The first-order valence-electron chi connectivity index (χ1n) is 9.98. The fourth-order valence-corrected chi connectivity index (χ4v) is 3.94. The molecule has 0 spiro atoms. The molecule has 0 bridgehead atoms. The van der Waals surface area contributed by atoms with Crippen molar-refractivity contribution in [3.8, 4) is 5.75 Å². The summed E-state index contributed by atoms with van der Waals surface area (Å²) in [5.74, 6) is -0.586. The molecule has 0 aliphatic carbocycles. The Morgan fingerprint density at radius 2 is 1.96 bits per heavy atom. The lowest BCUT2D eigenvalue weighted by Crippen LogP contribution is -2.58. The zero-order chi connectivity index (χ0) is 19.8. The molecule has 28 heavy (non-hydrogen) atoms. The first kappa shape index (κ1) is 20.8. The van der Waals surface area contributed by atoms with Crippen LogP contribution >= 0.6 is 0 Å². The van der Waals surface area contributed by atoms with Crippen LogP contribution in [0, 0.1) is 11.6 Å². The fourth-order valence-electron chi connectivity index (χ4n) is 3.94. The second kappa shape index (κ2) is 10.0. The monoisotopic (exact) mass is 396 g/mol. The molecule has 1 aromatic rings. The van der Waals surface area contributed by atoms with Gasteiger partial charge in [0, 0.05) is 38.4 Å². The van der Waals surface area contributed by atoms with Gasteiger partial charge in [0.05, 0.1) is 6.54 Å². The Morgan fingerprint density at radius 3 is 2.64 bits per heavy atom. The standard InChI is InChI=1S/C20H30F2N4O2/c1-23-19(24-8-13-28-18-5-4-16(21)14-17(18)22)25-15-20(6-11-27-12-7-20)26-9-2-3-10-26/h4-5,14H,2-3,6-13,15H2,1H3,(H2,23,24,25). The lowest BCUT2D eigenvalue weighted by Gasteiger charge is -2.45. The minimum Gasteiger partial charge on any atom is -0.489 e. The number of ether oxygens (including phenoxy) is 2. The van der Waals surface area contributed by atoms with E-state index < -0.39 is 11.6 Å². The highest BCUT2D eigenvalue weighted by Crippen LogP contribution is 2.30. The fraction of sp³-hybridized carbons (Fsp3) is 0.650. The minimum absolute atomic E-state index is 0.0429. The number of nitrogens with one attached hydrogen (secondary N) is 2. The molecular weight excluding hydrogens is 366 g/mol. The molecule has 2 saturated heterocycles. The van der Waals surface area contributed by atoms with Crippen LogP contribution in [0.4, 0.5) is 8.78 Å². The van der Waals surface area contributed by atoms with Gasteiger partial charge in [-0.1, -0.05) is 0 Å². The van der Waals surface area contributed by atoms with E-state index in [1.54, 1.807) is 7.05 Å². The summed E-state index contributed by atoms with van der Waals surface area (Å²) < 4.78 is 37.5. The Bertz CT molecular complexity index is 660. The molecule has 0 saturated carbocycles. The number of hydrogen-bond acceptors (Lipinski definition) is 4. The van der Waals surface area contributed by atoms with Crippen LogP contribution in [0.3, 0.4) is 0 Å². The van der Waals surface area contributed by atoms with Crippen molar-refractivity contribution in [3.05, 3.63) is 29.8 Å². The number of aliphatic imine (C=N–C) groups is 1. The molecule has 2 N–H and O–H groups in total. The number of halogens is 2. The van der Waals surface area contributed by atoms with Crippen LogP contribution in [0.2, 0.25) is 0 Å². The van der Waals surface area contributed by atoms with E-state index >= 15 is 0 Å². The van der Waals surface area contributed by atoms with Gasteiger partial charge in [0.15, 0.2) is 17.5 Å². The van der Waals surface area contributed by atoms with Gasteiger partial charge in [-0.15, -0.1) is 0 Å². The number of likely N-dealkylation sites (tertiary alicyclic amines) is 1. The van der Waals surface area contributed by atoms with Gasteiger partial charge in [0.25, 0.3) is 0 Å². The van der Waals surface area contributed by atoms with Gasteiger partial charge in [-0.25, -0.2) is 8.78 Å². The Balaban J connectivity index is 1.45. The second-order valence-corrected chi connectivity index (χ2v) is 7.31. The molecule has 0 atom stereocenters. The summed E-state index contributed by atoms with van der Waals surface area (Å²) in [6, 6.07) is 3.29. The molecule has 3 rings (SSSR count). The third-order valence-electron chi connectivity index (χ3n) is 5.55. The van der Waals surface area contributed by atoms with E-state index in [-0.39, 0.29) is 17.9 Å². The van der Waals surface area contributed by atoms with E-state index in [1.807, 2.05) is 0 Å². The van der Waals surface area contributed by atoms with Crippen LogP contribution < -0.4 is 15.4 Å². The SMILES string of the molecule is CN=C(NCCOc1ccc(F)cc1F)NCC1(N2CCCC2)CCOCC1. The Labute approximate surface area is 165 Å². The van der Waals surface area contributed by atoms with Crippen molar-refractivity contribution in [2.75, 3.05) is 53.0 Å². The molecule has 156 valence electrons. The average molecular weight is 396 g/mol. The molecule has 6 nitrogen and oxygen atoms in total. The molecular formula is C20H30F2N4O2. The number of guanidine groups is 1. The molecule has 8 heteroatoms. The molecule has 0 unspecified atom stereocenters. The van der Waals surface area contributed by atoms with Gasteiger partial charge < -0.3 is 20.1 Å². The molecule has 0 radical (unpaired) electrons. The quantitative estimate of drug-likeness (QED) is 0.420. The predicted molar refractivity (Wildman–Crippen MR) is 105 cm³/mol. The van der Waals surface area contributed by atoms with Crippen molar-refractivity contribution in [1.29, 1.82) is 0 Å². The van der Waals surface area contributed by atoms with Crippen LogP contribution in [0.15, 0.2) is 23.2 Å². The number of hydrogen-bond donors (Lipinski definition) is 2. The largest absolute Gasteiger partial charge is 0.489 e. The van der Waals surface area contributed by atoms with Gasteiger partial charge >= 0.3 is 0 Å². The van der Waals surface area contributed by atoms with Gasteiger partial charge in [0.1, 0.15) is 12.4 Å². The molecule has 2 fully saturated rings. The number of rotatable bonds is 7. The first-order valence-corrected chi connectivity index (χ1v) is 9.98. The summed E-state index contributed by atoms with van der Waals surface area (Å²) in [6.45, 7) is 5.38. The topological polar surface area (TPSA) is 58.1 Å². The molecule has 2 aliphatic rings. The van der Waals surface area contributed by atoms with E-state index in [0.717, 1.165) is 51.8 Å². The lowest BCUT2D eigenvalue weighted by atomic mass is 9.88. The molecule has 2 heterocycles. The highest BCUT2D eigenvalue weighted by molar-refractivity contribution is 5.79. The Morgan fingerprint density at radius 1 is 1.21 bits per heavy atom. The van der Waals surface area contributed by atoms with E-state index in [1.165, 1.54) is 25.0 Å². The van der Waals surface area contributed by atoms with Gasteiger partial charge in [0.2, 0.25) is 0 Å². The summed E-state index contributed by atoms with van der Waals surface area (Å²) in [6.07, 6.45) is 4.55. The van der Waals surface area contributed by atoms with Gasteiger partial charge in [-0.3, -0.25) is 9.89 Å². The second-order valence-electron chi connectivity index (χ2n) is 7.31. The summed E-state index contributed by atoms with van der Waals surface area (Å²) in [5.41, 5.74) is 0.111. The van der Waals surface area contributed by atoms with Crippen molar-refractivity contribution >= 4 is 5.96 Å². The summed E-state index contributed by atoms with van der Waals surface area (Å²) in [5, 5.41) is 6.62. The summed E-state index contributed by atoms with van der Waals surface area (Å²) in [4.78, 5) is 6.86. The zero-order valence-electron chi connectivity index (χ0n) is 16.5. The molecule has 1 aromatic carbocycles. The normalized spacial score (nSPS) is 20.2. The van der Waals surface area contributed by atoms with E-state index in [4.69, 9.17) is 9.47 Å². The van der Waals surface area contributed by atoms with Crippen LogP contribution in [0.25, 0.3) is 0 Å². The van der Waals surface area contributed by atoms with E-state index in [2.05, 4.69) is 20.5 Å². The van der Waals surface area contributed by atoms with Crippen molar-refractivity contribution < 1.29 is 18.3 Å². The Kier molecular flexibility index (Phi) is 7.44. The third-order valence-corrected chi connectivity index (χ3v) is 5.55. The van der Waals surface area contributed by atoms with Crippen LogP contribution in [0.1, 0.15) is 25.7 Å². The van der Waals surface area contributed by atoms with Crippen molar-refractivity contribution in [2.45, 2.75) is 31.2 Å². The highest BCUT2D eigenvalue weighted by atomic mass is 19.1. The van der Waals surface area contributed by atoms with Crippen LogP contribution in [-0.2, 0) is 4.74 Å². The maximum absolute atomic E-state index is 13.6. The third kappa shape index (κ3) is 5.32. The average Bonchev–Trinajstić information content (AvgIpc) is 3.25. The van der Waals surface area contributed by atoms with Gasteiger partial charge in [-0.2, -0.15) is 0 Å². The smallest absolute Gasteiger partial charge is 0.191 e. The van der Waals surface area contributed by atoms with Crippen LogP contribution in [0.5, 0.6) is 5.75 Å². The van der Waals surface area contributed by atoms with E-state index in [0.29, 0.717) is 12.5 Å². The van der Waals surface area contributed by atoms with Gasteiger partial charge in [-0.05, 0) is 50.9 Å². The minimum atomic E-state index is -0.699. The zero-order valence-corrected chi connectivity index (χ0v) is 16.5. The molecule has 2 aliphatic heterocycles. The first-order chi connectivity index (χ1) is 13.6. The summed E-state index contributed by atoms with van der Waals surface area (Å²) in [7, 11) is 1.72. The highest BCUT2D eigenvalue weighted by Gasteiger charge is 2.39. The van der Waals surface area contributed by atoms with E-state index in [9.17, 15) is 8.78 Å². The number of nitrogens with zero attached hydrogens (tertiary/aromatic N) is 2. The Hall–Kier alpha value is -1.93. The molecule has 0 aromatic heterocycles.